The van der Waals surface area contributed by atoms with Crippen LogP contribution >= 0.6 is 0 Å². The highest BCUT2D eigenvalue weighted by Crippen LogP contribution is 2.15. The summed E-state index contributed by atoms with van der Waals surface area (Å²) in [5.74, 6) is -1.36. The minimum absolute atomic E-state index is 0.152. The van der Waals surface area contributed by atoms with Crippen molar-refractivity contribution in [3.05, 3.63) is 35.8 Å². The van der Waals surface area contributed by atoms with E-state index in [1.54, 1.807) is 0 Å². The van der Waals surface area contributed by atoms with Crippen molar-refractivity contribution in [1.29, 1.82) is 0 Å². The first-order valence-electron chi connectivity index (χ1n) is 5.31. The molecule has 0 aliphatic heterocycles. The molecular formula is C11H11N5O3. The number of aromatic nitrogens is 3. The lowest BCUT2D eigenvalue weighted by molar-refractivity contribution is 0.0690. The van der Waals surface area contributed by atoms with Gasteiger partial charge in [-0.3, -0.25) is 4.79 Å². The Hall–Kier alpha value is -2.90. The molecule has 0 saturated carbocycles. The van der Waals surface area contributed by atoms with Crippen molar-refractivity contribution < 1.29 is 14.7 Å². The average molecular weight is 261 g/mol. The average Bonchev–Trinajstić information content (AvgIpc) is 2.87. The van der Waals surface area contributed by atoms with E-state index in [-0.39, 0.29) is 28.8 Å². The van der Waals surface area contributed by atoms with E-state index in [1.807, 2.05) is 0 Å². The minimum Gasteiger partial charge on any atom is -0.477 e. The summed E-state index contributed by atoms with van der Waals surface area (Å²) in [6.07, 6.45) is 1.48. The maximum Gasteiger partial charge on any atom is 0.354 e. The first kappa shape index (κ1) is 12.6. The lowest BCUT2D eigenvalue weighted by Gasteiger charge is -2.05. The summed E-state index contributed by atoms with van der Waals surface area (Å²) in [6.45, 7) is 0. The van der Waals surface area contributed by atoms with Gasteiger partial charge in [0.1, 0.15) is 0 Å². The van der Waals surface area contributed by atoms with E-state index >= 15 is 0 Å². The predicted molar refractivity (Wildman–Crippen MR) is 66.1 cm³/mol. The Morgan fingerprint density at radius 2 is 2.05 bits per heavy atom. The molecule has 4 N–H and O–H groups in total. The van der Waals surface area contributed by atoms with Crippen LogP contribution in [0.15, 0.2) is 24.4 Å². The normalized spacial score (nSPS) is 10.2. The predicted octanol–water partition coefficient (Wildman–Crippen LogP) is -0.0927. The molecule has 19 heavy (non-hydrogen) atoms. The van der Waals surface area contributed by atoms with Crippen LogP contribution in [0.1, 0.15) is 21.0 Å². The highest BCUT2D eigenvalue weighted by Gasteiger charge is 2.13. The number of hydrogen-bond donors (Lipinski definition) is 3. The lowest BCUT2D eigenvalue weighted by Crippen LogP contribution is -2.18. The summed E-state index contributed by atoms with van der Waals surface area (Å²) < 4.78 is 1.26. The first-order chi connectivity index (χ1) is 9.02. The number of amides is 1. The highest BCUT2D eigenvalue weighted by atomic mass is 16.4. The number of nitrogen functional groups attached to an aromatic ring is 1. The molecule has 0 saturated heterocycles. The monoisotopic (exact) mass is 261 g/mol. The molecule has 0 radical (unpaired) electrons. The van der Waals surface area contributed by atoms with Gasteiger partial charge < -0.3 is 16.2 Å². The van der Waals surface area contributed by atoms with Gasteiger partial charge in [0, 0.05) is 13.2 Å². The van der Waals surface area contributed by atoms with Gasteiger partial charge in [0.2, 0.25) is 0 Å². The van der Waals surface area contributed by atoms with Gasteiger partial charge in [0.05, 0.1) is 5.69 Å². The fourth-order valence-electron chi connectivity index (χ4n) is 1.45. The highest BCUT2D eigenvalue weighted by molar-refractivity contribution is 5.92. The number of carbonyl (C=O) groups excluding carboxylic acids is 1. The van der Waals surface area contributed by atoms with Crippen LogP contribution in [0.2, 0.25) is 0 Å². The molecule has 2 heterocycles. The SMILES string of the molecule is CNC(=O)c1ccn(-c2nc(C(=O)O)ccc2N)n1. The third-order valence-corrected chi connectivity index (χ3v) is 2.39. The molecular weight excluding hydrogens is 250 g/mol. The topological polar surface area (TPSA) is 123 Å². The number of anilines is 1. The van der Waals surface area contributed by atoms with E-state index in [9.17, 15) is 9.59 Å². The van der Waals surface area contributed by atoms with E-state index in [4.69, 9.17) is 10.8 Å². The largest absolute Gasteiger partial charge is 0.477 e. The molecule has 0 bridgehead atoms. The van der Waals surface area contributed by atoms with Gasteiger partial charge in [-0.25, -0.2) is 14.5 Å². The number of nitrogens with zero attached hydrogens (tertiary/aromatic N) is 3. The molecule has 0 aliphatic carbocycles. The number of nitrogens with one attached hydrogen (secondary N) is 1. The van der Waals surface area contributed by atoms with Crippen molar-refractivity contribution in [3.63, 3.8) is 0 Å². The Morgan fingerprint density at radius 1 is 1.32 bits per heavy atom. The molecule has 98 valence electrons. The Balaban J connectivity index is 2.46. The third-order valence-electron chi connectivity index (χ3n) is 2.39. The van der Waals surface area contributed by atoms with Crippen LogP contribution in [0.5, 0.6) is 0 Å². The van der Waals surface area contributed by atoms with Gasteiger partial charge in [0.15, 0.2) is 17.2 Å². The van der Waals surface area contributed by atoms with Gasteiger partial charge >= 0.3 is 5.97 Å². The van der Waals surface area contributed by atoms with E-state index in [1.165, 1.54) is 36.1 Å². The number of aromatic carboxylic acids is 1. The van der Waals surface area contributed by atoms with Crippen LogP contribution in [0.4, 0.5) is 5.69 Å². The second-order valence-corrected chi connectivity index (χ2v) is 3.64. The fraction of sp³-hybridized carbons (Fsp3) is 0.0909. The van der Waals surface area contributed by atoms with Gasteiger partial charge in [-0.1, -0.05) is 0 Å². The quantitative estimate of drug-likeness (QED) is 0.709. The van der Waals surface area contributed by atoms with Crippen LogP contribution < -0.4 is 11.1 Å². The second-order valence-electron chi connectivity index (χ2n) is 3.64. The number of hydrogen-bond acceptors (Lipinski definition) is 5. The van der Waals surface area contributed by atoms with Crippen LogP contribution in [-0.4, -0.2) is 38.8 Å². The van der Waals surface area contributed by atoms with Gasteiger partial charge in [-0.2, -0.15) is 5.10 Å². The standard InChI is InChI=1S/C11H11N5O3/c1-13-10(17)7-4-5-16(15-7)9-6(12)2-3-8(14-9)11(18)19/h2-5H,12H2,1H3,(H,13,17)(H,18,19). The Kier molecular flexibility index (Phi) is 3.15. The molecule has 0 aromatic carbocycles. The lowest BCUT2D eigenvalue weighted by atomic mass is 10.3. The molecule has 2 aromatic heterocycles. The summed E-state index contributed by atoms with van der Waals surface area (Å²) in [4.78, 5) is 26.1. The summed E-state index contributed by atoms with van der Waals surface area (Å²) >= 11 is 0. The van der Waals surface area contributed by atoms with E-state index in [0.29, 0.717) is 0 Å². The number of pyridine rings is 1. The smallest absolute Gasteiger partial charge is 0.354 e. The summed E-state index contributed by atoms with van der Waals surface area (Å²) in [5, 5.41) is 15.3. The Bertz CT molecular complexity index is 650. The summed E-state index contributed by atoms with van der Waals surface area (Å²) in [5.41, 5.74) is 6.02. The number of carboxylic acids is 1. The molecule has 1 amide bonds. The maximum absolute atomic E-state index is 11.4. The van der Waals surface area contributed by atoms with Crippen molar-refractivity contribution in [2.24, 2.45) is 0 Å². The van der Waals surface area contributed by atoms with Gasteiger partial charge in [-0.15, -0.1) is 0 Å². The number of carbonyl (C=O) groups is 2. The molecule has 0 spiro atoms. The van der Waals surface area contributed by atoms with Crippen LogP contribution in [0.3, 0.4) is 0 Å². The first-order valence-corrected chi connectivity index (χ1v) is 5.31. The van der Waals surface area contributed by atoms with Crippen LogP contribution in [0.25, 0.3) is 5.82 Å². The third kappa shape index (κ3) is 2.37. The van der Waals surface area contributed by atoms with Crippen molar-refractivity contribution in [2.75, 3.05) is 12.8 Å². The van der Waals surface area contributed by atoms with Crippen LogP contribution in [0, 0.1) is 0 Å². The fourth-order valence-corrected chi connectivity index (χ4v) is 1.45. The van der Waals surface area contributed by atoms with E-state index < -0.39 is 5.97 Å². The van der Waals surface area contributed by atoms with Crippen molar-refractivity contribution >= 4 is 17.6 Å². The number of carboxylic acid groups (broad SMARTS) is 1. The van der Waals surface area contributed by atoms with Gasteiger partial charge in [0.25, 0.3) is 5.91 Å². The van der Waals surface area contributed by atoms with Crippen molar-refractivity contribution in [2.45, 2.75) is 0 Å². The molecule has 0 fully saturated rings. The number of nitrogens with two attached hydrogens (primary N) is 1. The summed E-state index contributed by atoms with van der Waals surface area (Å²) in [6, 6.07) is 4.20. The van der Waals surface area contributed by atoms with Crippen molar-refractivity contribution in [1.82, 2.24) is 20.1 Å². The van der Waals surface area contributed by atoms with Crippen LogP contribution in [-0.2, 0) is 0 Å². The van der Waals surface area contributed by atoms with E-state index in [0.717, 1.165) is 0 Å². The summed E-state index contributed by atoms with van der Waals surface area (Å²) in [7, 11) is 1.49. The van der Waals surface area contributed by atoms with E-state index in [2.05, 4.69) is 15.4 Å². The molecule has 0 aliphatic rings. The number of rotatable bonds is 3. The zero-order valence-corrected chi connectivity index (χ0v) is 9.99. The zero-order chi connectivity index (χ0) is 14.0. The minimum atomic E-state index is -1.17. The molecule has 2 aromatic rings. The second kappa shape index (κ2) is 4.77. The van der Waals surface area contributed by atoms with Crippen molar-refractivity contribution in [3.8, 4) is 5.82 Å². The molecule has 8 nitrogen and oxygen atoms in total. The zero-order valence-electron chi connectivity index (χ0n) is 9.99. The Labute approximate surface area is 107 Å². The molecule has 2 rings (SSSR count). The molecule has 8 heteroatoms. The van der Waals surface area contributed by atoms with Gasteiger partial charge in [-0.05, 0) is 18.2 Å². The maximum atomic E-state index is 11.4. The Morgan fingerprint density at radius 3 is 2.68 bits per heavy atom. The molecule has 0 unspecified atom stereocenters. The molecule has 0 atom stereocenters.